The molecule has 3 rings (SSSR count). The van der Waals surface area contributed by atoms with E-state index in [-0.39, 0.29) is 17.0 Å². The number of ether oxygens (including phenoxy) is 1. The Morgan fingerprint density at radius 2 is 2.17 bits per heavy atom. The second kappa shape index (κ2) is 6.69. The van der Waals surface area contributed by atoms with Crippen molar-refractivity contribution in [3.05, 3.63) is 68.7 Å². The van der Waals surface area contributed by atoms with E-state index in [1.54, 1.807) is 37.5 Å². The van der Waals surface area contributed by atoms with Gasteiger partial charge in [-0.25, -0.2) is 4.98 Å². The van der Waals surface area contributed by atoms with E-state index < -0.39 is 0 Å². The van der Waals surface area contributed by atoms with Gasteiger partial charge in [0.15, 0.2) is 5.82 Å². The fourth-order valence-corrected chi connectivity index (χ4v) is 2.65. The van der Waals surface area contributed by atoms with E-state index in [1.165, 1.54) is 0 Å². The van der Waals surface area contributed by atoms with Crippen molar-refractivity contribution in [3.63, 3.8) is 0 Å². The van der Waals surface area contributed by atoms with Gasteiger partial charge in [-0.15, -0.1) is 0 Å². The Morgan fingerprint density at radius 1 is 1.33 bits per heavy atom. The third-order valence-corrected chi connectivity index (χ3v) is 3.94. The minimum atomic E-state index is -0.289. The van der Waals surface area contributed by atoms with E-state index in [0.29, 0.717) is 16.7 Å². The highest BCUT2D eigenvalue weighted by Gasteiger charge is 2.09. The summed E-state index contributed by atoms with van der Waals surface area (Å²) in [5.74, 6) is 0.922. The Hall–Kier alpha value is -2.91. The van der Waals surface area contributed by atoms with Gasteiger partial charge in [0.1, 0.15) is 11.8 Å². The number of nitrogens with one attached hydrogen (secondary N) is 1. The maximum atomic E-state index is 12.3. The summed E-state index contributed by atoms with van der Waals surface area (Å²) in [5, 5.41) is 9.92. The lowest BCUT2D eigenvalue weighted by Crippen LogP contribution is -2.11. The van der Waals surface area contributed by atoms with Crippen LogP contribution in [0.5, 0.6) is 5.75 Å². The Bertz CT molecular complexity index is 1050. The van der Waals surface area contributed by atoms with Crippen LogP contribution in [-0.4, -0.2) is 17.1 Å². The number of rotatable bonds is 3. The topological polar surface area (TPSA) is 78.8 Å². The van der Waals surface area contributed by atoms with Gasteiger partial charge in [-0.1, -0.05) is 28.1 Å². The number of benzene rings is 2. The number of nitrogens with zero attached hydrogens (tertiary/aromatic N) is 2. The van der Waals surface area contributed by atoms with Crippen LogP contribution in [0.1, 0.15) is 11.4 Å². The van der Waals surface area contributed by atoms with Crippen molar-refractivity contribution in [2.75, 3.05) is 7.11 Å². The first-order valence-corrected chi connectivity index (χ1v) is 7.86. The first-order valence-electron chi connectivity index (χ1n) is 7.06. The average Bonchev–Trinajstić information content (AvgIpc) is 2.60. The van der Waals surface area contributed by atoms with Crippen LogP contribution in [0, 0.1) is 11.3 Å². The van der Waals surface area contributed by atoms with Crippen LogP contribution >= 0.6 is 15.9 Å². The summed E-state index contributed by atoms with van der Waals surface area (Å²) >= 11 is 3.33. The molecule has 1 N–H and O–H groups in total. The monoisotopic (exact) mass is 381 g/mol. The molecule has 6 heteroatoms. The standard InChI is InChI=1S/C18H12BrN3O2/c1-24-14-4-2-3-11(8-14)7-12(10-20)17-21-16-6-5-13(19)9-15(16)18(23)22-17/h2-9H,1H3,(H,21,22,23)/b12-7+. The summed E-state index contributed by atoms with van der Waals surface area (Å²) in [6.07, 6.45) is 1.66. The summed E-state index contributed by atoms with van der Waals surface area (Å²) < 4.78 is 5.97. The molecule has 0 atom stereocenters. The zero-order chi connectivity index (χ0) is 17.1. The van der Waals surface area contributed by atoms with Crippen molar-refractivity contribution < 1.29 is 4.74 Å². The van der Waals surface area contributed by atoms with Gasteiger partial charge >= 0.3 is 0 Å². The predicted octanol–water partition coefficient (Wildman–Crippen LogP) is 3.76. The first kappa shape index (κ1) is 16.0. The molecule has 0 fully saturated rings. The van der Waals surface area contributed by atoms with Gasteiger partial charge in [-0.05, 0) is 42.0 Å². The first-order chi connectivity index (χ1) is 11.6. The molecule has 0 amide bonds. The number of methoxy groups -OCH3 is 1. The van der Waals surface area contributed by atoms with Crippen LogP contribution < -0.4 is 10.3 Å². The molecule has 0 aliphatic heterocycles. The molecule has 1 heterocycles. The Morgan fingerprint density at radius 3 is 2.92 bits per heavy atom. The largest absolute Gasteiger partial charge is 0.497 e. The maximum absolute atomic E-state index is 12.3. The number of aromatic nitrogens is 2. The van der Waals surface area contributed by atoms with Crippen LogP contribution in [0.2, 0.25) is 0 Å². The Labute approximate surface area is 146 Å². The summed E-state index contributed by atoms with van der Waals surface area (Å²) in [6.45, 7) is 0. The highest BCUT2D eigenvalue weighted by Crippen LogP contribution is 2.20. The number of H-pyrrole nitrogens is 1. The normalized spacial score (nSPS) is 11.3. The van der Waals surface area contributed by atoms with Crippen LogP contribution in [0.3, 0.4) is 0 Å². The molecule has 0 radical (unpaired) electrons. The van der Waals surface area contributed by atoms with E-state index in [1.807, 2.05) is 18.2 Å². The summed E-state index contributed by atoms with van der Waals surface area (Å²) in [6, 6.07) is 14.6. The van der Waals surface area contributed by atoms with E-state index >= 15 is 0 Å². The molecule has 0 spiro atoms. The number of fused-ring (bicyclic) bond motifs is 1. The van der Waals surface area contributed by atoms with Crippen molar-refractivity contribution in [1.29, 1.82) is 5.26 Å². The molecule has 118 valence electrons. The van der Waals surface area contributed by atoms with E-state index in [0.717, 1.165) is 10.0 Å². The molecule has 2 aromatic carbocycles. The lowest BCUT2D eigenvalue weighted by molar-refractivity contribution is 0.414. The van der Waals surface area contributed by atoms with Crippen LogP contribution in [0.25, 0.3) is 22.6 Å². The van der Waals surface area contributed by atoms with Gasteiger partial charge in [0, 0.05) is 4.47 Å². The van der Waals surface area contributed by atoms with Crippen LogP contribution in [0.15, 0.2) is 51.7 Å². The van der Waals surface area contributed by atoms with Gasteiger partial charge in [0.05, 0.1) is 23.6 Å². The highest BCUT2D eigenvalue weighted by atomic mass is 79.9. The number of hydrogen-bond acceptors (Lipinski definition) is 4. The number of allylic oxidation sites excluding steroid dienone is 1. The molecule has 3 aromatic rings. The quantitative estimate of drug-likeness (QED) is 0.700. The molecule has 0 aliphatic carbocycles. The van der Waals surface area contributed by atoms with Gasteiger partial charge < -0.3 is 9.72 Å². The number of nitriles is 1. The molecule has 0 saturated heterocycles. The van der Waals surface area contributed by atoms with Crippen molar-refractivity contribution in [2.24, 2.45) is 0 Å². The summed E-state index contributed by atoms with van der Waals surface area (Å²) in [7, 11) is 1.58. The maximum Gasteiger partial charge on any atom is 0.259 e. The van der Waals surface area contributed by atoms with Crippen LogP contribution in [-0.2, 0) is 0 Å². The second-order valence-electron chi connectivity index (χ2n) is 5.02. The average molecular weight is 382 g/mol. The zero-order valence-corrected chi connectivity index (χ0v) is 14.3. The van der Waals surface area contributed by atoms with E-state index in [2.05, 4.69) is 32.0 Å². The molecule has 0 unspecified atom stereocenters. The number of aromatic amines is 1. The summed E-state index contributed by atoms with van der Waals surface area (Å²) in [4.78, 5) is 19.3. The predicted molar refractivity (Wildman–Crippen MR) is 96.5 cm³/mol. The van der Waals surface area contributed by atoms with Crippen molar-refractivity contribution >= 4 is 38.5 Å². The minimum Gasteiger partial charge on any atom is -0.497 e. The molecular weight excluding hydrogens is 370 g/mol. The lowest BCUT2D eigenvalue weighted by Gasteiger charge is -2.04. The van der Waals surface area contributed by atoms with Gasteiger partial charge in [-0.2, -0.15) is 5.26 Å². The summed E-state index contributed by atoms with van der Waals surface area (Å²) in [5.41, 5.74) is 1.29. The molecule has 1 aromatic heterocycles. The Kier molecular flexibility index (Phi) is 4.45. The number of halogens is 1. The molecule has 0 saturated carbocycles. The Balaban J connectivity index is 2.13. The number of hydrogen-bond donors (Lipinski definition) is 1. The highest BCUT2D eigenvalue weighted by molar-refractivity contribution is 9.10. The molecule has 0 aliphatic rings. The van der Waals surface area contributed by atoms with Crippen LogP contribution in [0.4, 0.5) is 0 Å². The van der Waals surface area contributed by atoms with E-state index in [4.69, 9.17) is 4.74 Å². The smallest absolute Gasteiger partial charge is 0.259 e. The van der Waals surface area contributed by atoms with Crippen molar-refractivity contribution in [2.45, 2.75) is 0 Å². The van der Waals surface area contributed by atoms with Crippen molar-refractivity contribution in [1.82, 2.24) is 9.97 Å². The minimum absolute atomic E-state index is 0.236. The molecule has 5 nitrogen and oxygen atoms in total. The lowest BCUT2D eigenvalue weighted by atomic mass is 10.1. The molecule has 0 bridgehead atoms. The SMILES string of the molecule is COc1cccc(/C=C(\C#N)c2nc3ccc(Br)cc3c(=O)[nH]2)c1. The zero-order valence-electron chi connectivity index (χ0n) is 12.7. The molecular formula is C18H12BrN3O2. The fraction of sp³-hybridized carbons (Fsp3) is 0.0556. The third-order valence-electron chi connectivity index (χ3n) is 3.45. The second-order valence-corrected chi connectivity index (χ2v) is 5.94. The van der Waals surface area contributed by atoms with Gasteiger partial charge in [-0.3, -0.25) is 4.79 Å². The third kappa shape index (κ3) is 3.21. The van der Waals surface area contributed by atoms with Gasteiger partial charge in [0.25, 0.3) is 5.56 Å². The molecule has 24 heavy (non-hydrogen) atoms. The van der Waals surface area contributed by atoms with Crippen molar-refractivity contribution in [3.8, 4) is 11.8 Å². The fourth-order valence-electron chi connectivity index (χ4n) is 2.29. The van der Waals surface area contributed by atoms with Gasteiger partial charge in [0.2, 0.25) is 0 Å². The van der Waals surface area contributed by atoms with E-state index in [9.17, 15) is 10.1 Å².